The molecule has 1 aliphatic carbocycles. The normalized spacial score (nSPS) is 22.7. The average molecular weight is 345 g/mol. The average Bonchev–Trinajstić information content (AvgIpc) is 2.92. The molecule has 5 N–H and O–H groups in total. The van der Waals surface area contributed by atoms with Crippen molar-refractivity contribution in [3.05, 3.63) is 17.8 Å². The van der Waals surface area contributed by atoms with Gasteiger partial charge < -0.3 is 16.2 Å². The molecule has 0 saturated heterocycles. The lowest BCUT2D eigenvalue weighted by molar-refractivity contribution is -0.0164. The Morgan fingerprint density at radius 3 is 2.60 bits per heavy atom. The third-order valence-electron chi connectivity index (χ3n) is 5.24. The minimum atomic E-state index is -0.688. The van der Waals surface area contributed by atoms with Gasteiger partial charge in [0, 0.05) is 6.20 Å². The number of aromatic amines is 1. The maximum Gasteiger partial charge on any atom is 0.404 e. The fourth-order valence-electron chi connectivity index (χ4n) is 4.02. The summed E-state index contributed by atoms with van der Waals surface area (Å²) in [6.45, 7) is 6.27. The number of carbonyl (C=O) groups is 1. The molecule has 7 nitrogen and oxygen atoms in total. The first-order valence-corrected chi connectivity index (χ1v) is 8.81. The highest BCUT2D eigenvalue weighted by molar-refractivity contribution is 5.86. The number of hydrogen-bond donors (Lipinski definition) is 3. The van der Waals surface area contributed by atoms with E-state index in [9.17, 15) is 4.79 Å². The lowest BCUT2D eigenvalue weighted by Gasteiger charge is -2.39. The third-order valence-corrected chi connectivity index (χ3v) is 5.24. The van der Waals surface area contributed by atoms with E-state index >= 15 is 0 Å². The standard InChI is InChI=1S/C18H27N5O2/c1-18(2,3)14(25-17(20)24)11-6-4-10(5-7-11)12-8-13-15(19)22-23-16(13)21-9-12/h8-11,14H,4-7H2,1-3H3,(H2,20,24)(H3,19,21,22,23). The van der Waals surface area contributed by atoms with Crippen LogP contribution in [0.1, 0.15) is 57.9 Å². The first kappa shape index (κ1) is 17.5. The van der Waals surface area contributed by atoms with E-state index in [2.05, 4.69) is 42.0 Å². The van der Waals surface area contributed by atoms with Crippen LogP contribution in [0.4, 0.5) is 10.6 Å². The van der Waals surface area contributed by atoms with Gasteiger partial charge in [0.1, 0.15) is 6.10 Å². The van der Waals surface area contributed by atoms with Gasteiger partial charge in [-0.25, -0.2) is 9.78 Å². The van der Waals surface area contributed by atoms with E-state index < -0.39 is 6.09 Å². The summed E-state index contributed by atoms with van der Waals surface area (Å²) in [6.07, 6.45) is 5.13. The van der Waals surface area contributed by atoms with Crippen molar-refractivity contribution in [1.29, 1.82) is 0 Å². The van der Waals surface area contributed by atoms with Gasteiger partial charge in [0.25, 0.3) is 0 Å². The first-order valence-electron chi connectivity index (χ1n) is 8.81. The molecular weight excluding hydrogens is 318 g/mol. The summed E-state index contributed by atoms with van der Waals surface area (Å²) < 4.78 is 5.46. The molecule has 0 bridgehead atoms. The zero-order valence-electron chi connectivity index (χ0n) is 15.1. The second kappa shape index (κ2) is 6.54. The zero-order chi connectivity index (χ0) is 18.2. The molecule has 1 unspecified atom stereocenters. The molecule has 136 valence electrons. The van der Waals surface area contributed by atoms with Crippen LogP contribution < -0.4 is 11.5 Å². The maximum absolute atomic E-state index is 11.3. The van der Waals surface area contributed by atoms with Crippen LogP contribution in [0.3, 0.4) is 0 Å². The fraction of sp³-hybridized carbons (Fsp3) is 0.611. The molecule has 1 aliphatic rings. The molecule has 3 rings (SSSR count). The number of H-pyrrole nitrogens is 1. The van der Waals surface area contributed by atoms with Gasteiger partial charge in [-0.15, -0.1) is 0 Å². The monoisotopic (exact) mass is 345 g/mol. The van der Waals surface area contributed by atoms with Gasteiger partial charge in [-0.1, -0.05) is 20.8 Å². The summed E-state index contributed by atoms with van der Waals surface area (Å²) in [6, 6.07) is 2.09. The van der Waals surface area contributed by atoms with Crippen LogP contribution >= 0.6 is 0 Å². The predicted molar refractivity (Wildman–Crippen MR) is 96.9 cm³/mol. The van der Waals surface area contributed by atoms with E-state index in [0.717, 1.165) is 36.7 Å². The van der Waals surface area contributed by atoms with E-state index in [1.165, 1.54) is 5.56 Å². The van der Waals surface area contributed by atoms with Gasteiger partial charge in [-0.2, -0.15) is 5.10 Å². The Bertz CT molecular complexity index is 756. The number of hydrogen-bond acceptors (Lipinski definition) is 5. The number of carbonyl (C=O) groups excluding carboxylic acids is 1. The van der Waals surface area contributed by atoms with Gasteiger partial charge in [-0.3, -0.25) is 5.10 Å². The summed E-state index contributed by atoms with van der Waals surface area (Å²) in [5.41, 5.74) is 13.0. The van der Waals surface area contributed by atoms with Crippen molar-refractivity contribution in [1.82, 2.24) is 15.2 Å². The van der Waals surface area contributed by atoms with Gasteiger partial charge in [0.2, 0.25) is 0 Å². The summed E-state index contributed by atoms with van der Waals surface area (Å²) in [5, 5.41) is 7.71. The minimum absolute atomic E-state index is 0.127. The van der Waals surface area contributed by atoms with Gasteiger partial charge in [0.15, 0.2) is 11.5 Å². The van der Waals surface area contributed by atoms with Gasteiger partial charge >= 0.3 is 6.09 Å². The Kier molecular flexibility index (Phi) is 4.58. The number of anilines is 1. The van der Waals surface area contributed by atoms with Crippen molar-refractivity contribution in [2.45, 2.75) is 58.5 Å². The van der Waals surface area contributed by atoms with Crippen LogP contribution in [0, 0.1) is 11.3 Å². The lowest BCUT2D eigenvalue weighted by Crippen LogP contribution is -2.41. The number of amides is 1. The number of pyridine rings is 1. The Labute approximate surface area is 147 Å². The summed E-state index contributed by atoms with van der Waals surface area (Å²) in [4.78, 5) is 15.7. The van der Waals surface area contributed by atoms with Gasteiger partial charge in [-0.05, 0) is 54.6 Å². The van der Waals surface area contributed by atoms with E-state index in [4.69, 9.17) is 16.2 Å². The molecule has 2 aromatic heterocycles. The Hall–Kier alpha value is -2.31. The number of ether oxygens (including phenoxy) is 1. The quantitative estimate of drug-likeness (QED) is 0.788. The molecule has 25 heavy (non-hydrogen) atoms. The molecule has 0 aromatic carbocycles. The van der Waals surface area contributed by atoms with Crippen LogP contribution in [0.25, 0.3) is 11.0 Å². The second-order valence-corrected chi connectivity index (χ2v) is 8.11. The molecule has 2 heterocycles. The SMILES string of the molecule is CC(C)(C)C(OC(N)=O)C1CCC(c2cnc3[nH]nc(N)c3c2)CC1. The maximum atomic E-state index is 11.3. The number of nitrogens with two attached hydrogens (primary N) is 2. The molecule has 1 fully saturated rings. The van der Waals surface area contributed by atoms with Crippen LogP contribution in [0.15, 0.2) is 12.3 Å². The molecule has 0 radical (unpaired) electrons. The van der Waals surface area contributed by atoms with Crippen molar-refractivity contribution in [3.63, 3.8) is 0 Å². The van der Waals surface area contributed by atoms with E-state index in [1.54, 1.807) is 0 Å². The molecule has 1 atom stereocenters. The molecular formula is C18H27N5O2. The van der Waals surface area contributed by atoms with Crippen molar-refractivity contribution in [3.8, 4) is 0 Å². The van der Waals surface area contributed by atoms with E-state index in [0.29, 0.717) is 17.7 Å². The Morgan fingerprint density at radius 2 is 2.00 bits per heavy atom. The van der Waals surface area contributed by atoms with Crippen molar-refractivity contribution >= 4 is 22.9 Å². The smallest absolute Gasteiger partial charge is 0.404 e. The Balaban J connectivity index is 1.71. The minimum Gasteiger partial charge on any atom is -0.446 e. The molecule has 1 saturated carbocycles. The number of nitrogens with one attached hydrogen (secondary N) is 1. The third kappa shape index (κ3) is 3.70. The second-order valence-electron chi connectivity index (χ2n) is 8.11. The molecule has 7 heteroatoms. The topological polar surface area (TPSA) is 120 Å². The van der Waals surface area contributed by atoms with Crippen molar-refractivity contribution < 1.29 is 9.53 Å². The number of fused-ring (bicyclic) bond motifs is 1. The molecule has 0 spiro atoms. The Morgan fingerprint density at radius 1 is 1.32 bits per heavy atom. The summed E-state index contributed by atoms with van der Waals surface area (Å²) in [7, 11) is 0. The van der Waals surface area contributed by atoms with Crippen LogP contribution in [-0.4, -0.2) is 27.4 Å². The van der Waals surface area contributed by atoms with Gasteiger partial charge in [0.05, 0.1) is 5.39 Å². The number of nitrogen functional groups attached to an aromatic ring is 1. The predicted octanol–water partition coefficient (Wildman–Crippen LogP) is 3.32. The molecule has 1 amide bonds. The highest BCUT2D eigenvalue weighted by Crippen LogP contribution is 2.42. The van der Waals surface area contributed by atoms with E-state index in [1.807, 2.05) is 6.20 Å². The zero-order valence-corrected chi connectivity index (χ0v) is 15.1. The highest BCUT2D eigenvalue weighted by atomic mass is 16.6. The fourth-order valence-corrected chi connectivity index (χ4v) is 4.02. The number of nitrogens with zero attached hydrogens (tertiary/aromatic N) is 2. The van der Waals surface area contributed by atoms with Crippen molar-refractivity contribution in [2.75, 3.05) is 5.73 Å². The number of primary amides is 1. The number of aromatic nitrogens is 3. The first-order chi connectivity index (χ1) is 11.8. The highest BCUT2D eigenvalue weighted by Gasteiger charge is 2.37. The van der Waals surface area contributed by atoms with E-state index in [-0.39, 0.29) is 11.5 Å². The molecule has 0 aliphatic heterocycles. The van der Waals surface area contributed by atoms with Crippen LogP contribution in [-0.2, 0) is 4.74 Å². The van der Waals surface area contributed by atoms with Crippen molar-refractivity contribution in [2.24, 2.45) is 17.1 Å². The van der Waals surface area contributed by atoms with Crippen LogP contribution in [0.5, 0.6) is 0 Å². The summed E-state index contributed by atoms with van der Waals surface area (Å²) in [5.74, 6) is 1.26. The number of rotatable bonds is 3. The largest absolute Gasteiger partial charge is 0.446 e. The summed E-state index contributed by atoms with van der Waals surface area (Å²) >= 11 is 0. The van der Waals surface area contributed by atoms with Crippen LogP contribution in [0.2, 0.25) is 0 Å². The lowest BCUT2D eigenvalue weighted by atomic mass is 9.71. The molecule has 2 aromatic rings.